The summed E-state index contributed by atoms with van der Waals surface area (Å²) >= 11 is 0. The normalized spacial score (nSPS) is 30.3. The van der Waals surface area contributed by atoms with Gasteiger partial charge in [-0.25, -0.2) is 9.59 Å². The van der Waals surface area contributed by atoms with Crippen LogP contribution in [-0.2, 0) is 28.6 Å². The first-order valence-electron chi connectivity index (χ1n) is 9.86. The number of nitrogens with one attached hydrogen (secondary N) is 2. The van der Waals surface area contributed by atoms with Gasteiger partial charge in [0.25, 0.3) is 0 Å². The monoisotopic (exact) mass is 426 g/mol. The van der Waals surface area contributed by atoms with E-state index in [1.165, 1.54) is 6.92 Å². The Morgan fingerprint density at radius 3 is 2.47 bits per heavy atom. The van der Waals surface area contributed by atoms with Gasteiger partial charge in [-0.05, 0) is 34.6 Å². The molecule has 2 fully saturated rings. The number of hydrogen-bond acceptors (Lipinski definition) is 8. The van der Waals surface area contributed by atoms with E-state index in [9.17, 15) is 24.3 Å². The number of hydrogen-bond donors (Lipinski definition) is 3. The molecular formula is C20H30N2O8. The predicted molar refractivity (Wildman–Crippen MR) is 104 cm³/mol. The van der Waals surface area contributed by atoms with Crippen molar-refractivity contribution in [3.8, 4) is 0 Å². The van der Waals surface area contributed by atoms with E-state index in [4.69, 9.17) is 14.2 Å². The lowest BCUT2D eigenvalue weighted by molar-refractivity contribution is -0.156. The van der Waals surface area contributed by atoms with Crippen LogP contribution in [0.5, 0.6) is 0 Å². The lowest BCUT2D eigenvalue weighted by Crippen LogP contribution is -2.61. The van der Waals surface area contributed by atoms with Crippen molar-refractivity contribution in [3.05, 3.63) is 12.8 Å². The van der Waals surface area contributed by atoms with Crippen LogP contribution in [0.25, 0.3) is 0 Å². The first kappa shape index (κ1) is 23.7. The molecule has 2 amide bonds. The maximum Gasteiger partial charge on any atom is 0.408 e. The second-order valence-corrected chi connectivity index (χ2v) is 8.55. The number of carbonyl (C=O) groups is 4. The number of aliphatic hydroxyl groups excluding tert-OH is 1. The number of carbonyl (C=O) groups excluding carboxylic acids is 4. The van der Waals surface area contributed by atoms with Crippen molar-refractivity contribution in [1.82, 2.24) is 10.6 Å². The summed E-state index contributed by atoms with van der Waals surface area (Å²) in [4.78, 5) is 49.7. The molecule has 2 aliphatic rings. The number of amides is 2. The summed E-state index contributed by atoms with van der Waals surface area (Å²) in [5.74, 6) is -4.06. The zero-order valence-corrected chi connectivity index (χ0v) is 17.9. The van der Waals surface area contributed by atoms with E-state index in [1.807, 2.05) is 0 Å². The van der Waals surface area contributed by atoms with Crippen molar-refractivity contribution in [1.29, 1.82) is 0 Å². The van der Waals surface area contributed by atoms with Crippen LogP contribution in [0.2, 0.25) is 0 Å². The predicted octanol–water partition coefficient (Wildman–Crippen LogP) is 0.631. The molecule has 0 radical (unpaired) electrons. The van der Waals surface area contributed by atoms with Gasteiger partial charge in [0.15, 0.2) is 0 Å². The highest BCUT2D eigenvalue weighted by molar-refractivity contribution is 5.94. The van der Waals surface area contributed by atoms with Crippen LogP contribution >= 0.6 is 0 Å². The highest BCUT2D eigenvalue weighted by Crippen LogP contribution is 2.63. The summed E-state index contributed by atoms with van der Waals surface area (Å²) in [5, 5.41) is 15.4. The first-order valence-corrected chi connectivity index (χ1v) is 9.86. The van der Waals surface area contributed by atoms with Crippen LogP contribution in [0, 0.1) is 17.8 Å². The molecule has 2 rings (SSSR count). The van der Waals surface area contributed by atoms with Crippen LogP contribution in [-0.4, -0.2) is 58.9 Å². The lowest BCUT2D eigenvalue weighted by Gasteiger charge is -2.32. The van der Waals surface area contributed by atoms with Gasteiger partial charge < -0.3 is 30.0 Å². The van der Waals surface area contributed by atoms with Gasteiger partial charge in [-0.15, -0.1) is 0 Å². The molecule has 10 nitrogen and oxygen atoms in total. The van der Waals surface area contributed by atoms with Gasteiger partial charge in [-0.1, -0.05) is 6.58 Å². The minimum atomic E-state index is -1.61. The highest BCUT2D eigenvalue weighted by atomic mass is 16.6. The Morgan fingerprint density at radius 2 is 1.93 bits per heavy atom. The fourth-order valence-corrected chi connectivity index (χ4v) is 4.06. The smallest absolute Gasteiger partial charge is 0.408 e. The van der Waals surface area contributed by atoms with Crippen LogP contribution in [0.3, 0.4) is 0 Å². The maximum atomic E-state index is 12.8. The molecule has 168 valence electrons. The molecule has 0 aromatic heterocycles. The molecule has 6 atom stereocenters. The Balaban J connectivity index is 2.19. The third-order valence-corrected chi connectivity index (χ3v) is 5.20. The average molecular weight is 426 g/mol. The standard InChI is InChI=1S/C20H30N2O8/c1-7-28-16(25)13-12-11(23)9-20(14(12)13,17(26)29-8-2)22-15(24)10(3)21-18(27)30-19(4,5)6/h7,10-14,23H,1,8-9H2,2-6H3,(H,21,27)(H,22,24)/t10-,11-,12-,13-,14-,20+/m0/s1. The van der Waals surface area contributed by atoms with E-state index in [-0.39, 0.29) is 13.0 Å². The van der Waals surface area contributed by atoms with Crippen LogP contribution < -0.4 is 10.6 Å². The van der Waals surface area contributed by atoms with E-state index in [2.05, 4.69) is 17.2 Å². The largest absolute Gasteiger partial charge is 0.464 e. The Morgan fingerprint density at radius 1 is 1.30 bits per heavy atom. The molecule has 2 saturated carbocycles. The second kappa shape index (κ2) is 8.63. The summed E-state index contributed by atoms with van der Waals surface area (Å²) in [5.41, 5.74) is -2.35. The van der Waals surface area contributed by atoms with Gasteiger partial charge in [0.1, 0.15) is 17.2 Å². The zero-order chi connectivity index (χ0) is 22.9. The van der Waals surface area contributed by atoms with Crippen molar-refractivity contribution in [3.63, 3.8) is 0 Å². The lowest BCUT2D eigenvalue weighted by atomic mass is 9.89. The summed E-state index contributed by atoms with van der Waals surface area (Å²) in [6.07, 6.45) is -0.931. The van der Waals surface area contributed by atoms with Gasteiger partial charge in [0, 0.05) is 18.3 Å². The molecule has 0 aromatic rings. The summed E-state index contributed by atoms with van der Waals surface area (Å²) < 4.78 is 15.1. The van der Waals surface area contributed by atoms with E-state index < -0.39 is 65.0 Å². The van der Waals surface area contributed by atoms with Crippen molar-refractivity contribution in [2.75, 3.05) is 6.61 Å². The van der Waals surface area contributed by atoms with Crippen molar-refractivity contribution >= 4 is 23.9 Å². The van der Waals surface area contributed by atoms with E-state index in [0.717, 1.165) is 6.26 Å². The molecule has 0 aromatic carbocycles. The Kier molecular flexibility index (Phi) is 6.80. The number of alkyl carbamates (subject to hydrolysis) is 1. The number of aliphatic hydroxyl groups is 1. The number of ether oxygens (including phenoxy) is 3. The SMILES string of the molecule is C=COC(=O)[C@H]1[C@H]2[C@@H]1[C@@](NC(=O)[C@H](C)NC(=O)OC(C)(C)C)(C(=O)OCC)C[C@@H]2O. The van der Waals surface area contributed by atoms with Crippen molar-refractivity contribution in [2.45, 2.75) is 64.3 Å². The third-order valence-electron chi connectivity index (χ3n) is 5.20. The fraction of sp³-hybridized carbons (Fsp3) is 0.700. The fourth-order valence-electron chi connectivity index (χ4n) is 4.06. The average Bonchev–Trinajstić information content (AvgIpc) is 3.29. The summed E-state index contributed by atoms with van der Waals surface area (Å²) in [6.45, 7) is 11.5. The Bertz CT molecular complexity index is 731. The van der Waals surface area contributed by atoms with E-state index in [0.29, 0.717) is 0 Å². The van der Waals surface area contributed by atoms with Crippen LogP contribution in [0.4, 0.5) is 4.79 Å². The summed E-state index contributed by atoms with van der Waals surface area (Å²) in [7, 11) is 0. The van der Waals surface area contributed by atoms with Gasteiger partial charge in [-0.3, -0.25) is 9.59 Å². The number of rotatable bonds is 7. The van der Waals surface area contributed by atoms with Gasteiger partial charge in [0.05, 0.1) is 24.9 Å². The minimum Gasteiger partial charge on any atom is -0.464 e. The molecule has 30 heavy (non-hydrogen) atoms. The second-order valence-electron chi connectivity index (χ2n) is 8.55. The quantitative estimate of drug-likeness (QED) is 0.306. The molecule has 10 heteroatoms. The Hall–Kier alpha value is -2.62. The van der Waals surface area contributed by atoms with Crippen molar-refractivity contribution < 1.29 is 38.5 Å². The van der Waals surface area contributed by atoms with Gasteiger partial charge >= 0.3 is 18.0 Å². The molecule has 0 bridgehead atoms. The molecule has 2 aliphatic carbocycles. The van der Waals surface area contributed by atoms with Crippen LogP contribution in [0.1, 0.15) is 41.0 Å². The molecular weight excluding hydrogens is 396 g/mol. The highest BCUT2D eigenvalue weighted by Gasteiger charge is 2.76. The molecule has 3 N–H and O–H groups in total. The summed E-state index contributed by atoms with van der Waals surface area (Å²) in [6, 6.07) is -1.04. The molecule has 0 unspecified atom stereocenters. The molecule has 0 spiro atoms. The maximum absolute atomic E-state index is 12.8. The first-order chi connectivity index (χ1) is 13.9. The van der Waals surface area contributed by atoms with Crippen molar-refractivity contribution in [2.24, 2.45) is 17.8 Å². The molecule has 0 heterocycles. The minimum absolute atomic E-state index is 0.0530. The third kappa shape index (κ3) is 4.75. The van der Waals surface area contributed by atoms with Crippen LogP contribution in [0.15, 0.2) is 12.8 Å². The number of fused-ring (bicyclic) bond motifs is 1. The zero-order valence-electron chi connectivity index (χ0n) is 17.9. The van der Waals surface area contributed by atoms with Gasteiger partial charge in [0.2, 0.25) is 5.91 Å². The molecule has 0 aliphatic heterocycles. The van der Waals surface area contributed by atoms with E-state index >= 15 is 0 Å². The molecule has 0 saturated heterocycles. The topological polar surface area (TPSA) is 140 Å². The van der Waals surface area contributed by atoms with E-state index in [1.54, 1.807) is 27.7 Å². The Labute approximate surface area is 175 Å². The number of esters is 2. The van der Waals surface area contributed by atoms with Gasteiger partial charge in [-0.2, -0.15) is 0 Å².